The van der Waals surface area contributed by atoms with Gasteiger partial charge in [-0.1, -0.05) is 24.3 Å². The maximum absolute atomic E-state index is 13.7. The van der Waals surface area contributed by atoms with Crippen LogP contribution in [0.2, 0.25) is 0 Å². The van der Waals surface area contributed by atoms with Crippen LogP contribution in [0.1, 0.15) is 23.5 Å². The summed E-state index contributed by atoms with van der Waals surface area (Å²) in [6, 6.07) is 10.7. The van der Waals surface area contributed by atoms with Crippen LogP contribution in [0.4, 0.5) is 8.78 Å². The molecule has 0 saturated heterocycles. The number of Topliss-reactive ketones (excluding diaryl/α,β-unsaturated/α-hetero) is 1. The van der Waals surface area contributed by atoms with Crippen molar-refractivity contribution >= 4 is 5.78 Å². The van der Waals surface area contributed by atoms with Crippen molar-refractivity contribution in [1.29, 1.82) is 0 Å². The van der Waals surface area contributed by atoms with Crippen molar-refractivity contribution in [1.82, 2.24) is 0 Å². The number of ketones is 1. The first-order valence-corrected chi connectivity index (χ1v) is 6.83. The first-order chi connectivity index (χ1) is 10.1. The van der Waals surface area contributed by atoms with Crippen molar-refractivity contribution in [2.75, 3.05) is 6.61 Å². The highest BCUT2D eigenvalue weighted by atomic mass is 19.1. The van der Waals surface area contributed by atoms with Crippen LogP contribution in [-0.2, 0) is 11.2 Å². The summed E-state index contributed by atoms with van der Waals surface area (Å²) in [6.45, 7) is 0.472. The number of hydrogen-bond acceptors (Lipinski definition) is 2. The molecule has 0 bridgehead atoms. The van der Waals surface area contributed by atoms with Gasteiger partial charge in [0.15, 0.2) is 0 Å². The van der Waals surface area contributed by atoms with E-state index in [9.17, 15) is 13.6 Å². The Bertz CT molecular complexity index is 682. The van der Waals surface area contributed by atoms with Crippen molar-refractivity contribution in [3.8, 4) is 5.75 Å². The van der Waals surface area contributed by atoms with Gasteiger partial charge in [-0.25, -0.2) is 8.78 Å². The zero-order valence-electron chi connectivity index (χ0n) is 11.3. The molecule has 0 aliphatic carbocycles. The fourth-order valence-electron chi connectivity index (χ4n) is 2.65. The van der Waals surface area contributed by atoms with Gasteiger partial charge >= 0.3 is 0 Å². The van der Waals surface area contributed by atoms with Crippen LogP contribution in [0.5, 0.6) is 5.75 Å². The molecular weight excluding hydrogens is 274 g/mol. The van der Waals surface area contributed by atoms with Crippen LogP contribution in [0.3, 0.4) is 0 Å². The van der Waals surface area contributed by atoms with E-state index in [-0.39, 0.29) is 23.7 Å². The Labute approximate surface area is 121 Å². The lowest BCUT2D eigenvalue weighted by Crippen LogP contribution is -2.23. The van der Waals surface area contributed by atoms with E-state index in [0.29, 0.717) is 18.8 Å². The predicted octanol–water partition coefficient (Wildman–Crippen LogP) is 3.64. The van der Waals surface area contributed by atoms with E-state index in [2.05, 4.69) is 0 Å². The van der Waals surface area contributed by atoms with Crippen molar-refractivity contribution in [3.63, 3.8) is 0 Å². The SMILES string of the molecule is O=C(Cc1ccc(F)cc1F)C1CCOc2ccccc21. The standard InChI is InChI=1S/C17H14F2O2/c18-12-6-5-11(15(19)10-12)9-16(20)13-7-8-21-17-4-2-1-3-14(13)17/h1-6,10,13H,7-9H2. The zero-order chi connectivity index (χ0) is 14.8. The van der Waals surface area contributed by atoms with Crippen LogP contribution in [0, 0.1) is 11.6 Å². The fraction of sp³-hybridized carbons (Fsp3) is 0.235. The predicted molar refractivity (Wildman–Crippen MR) is 74.4 cm³/mol. The van der Waals surface area contributed by atoms with E-state index < -0.39 is 11.6 Å². The Balaban J connectivity index is 1.83. The van der Waals surface area contributed by atoms with Gasteiger partial charge in [0.1, 0.15) is 23.2 Å². The molecule has 1 atom stereocenters. The molecule has 1 heterocycles. The molecule has 0 saturated carbocycles. The average molecular weight is 288 g/mol. The summed E-state index contributed by atoms with van der Waals surface area (Å²) < 4.78 is 32.1. The molecule has 2 aromatic carbocycles. The van der Waals surface area contributed by atoms with E-state index in [1.165, 1.54) is 12.1 Å². The van der Waals surface area contributed by atoms with E-state index >= 15 is 0 Å². The molecule has 0 N–H and O–H groups in total. The summed E-state index contributed by atoms with van der Waals surface area (Å²) in [5, 5.41) is 0. The van der Waals surface area contributed by atoms with E-state index in [1.807, 2.05) is 24.3 Å². The molecule has 1 aliphatic heterocycles. The number of carbonyl (C=O) groups excluding carboxylic acids is 1. The molecule has 1 unspecified atom stereocenters. The van der Waals surface area contributed by atoms with Gasteiger partial charge in [-0.2, -0.15) is 0 Å². The van der Waals surface area contributed by atoms with Crippen LogP contribution in [0.25, 0.3) is 0 Å². The number of carbonyl (C=O) groups is 1. The van der Waals surface area contributed by atoms with Crippen LogP contribution < -0.4 is 4.74 Å². The second kappa shape index (κ2) is 5.64. The molecule has 0 fully saturated rings. The van der Waals surface area contributed by atoms with E-state index in [4.69, 9.17) is 4.74 Å². The monoisotopic (exact) mass is 288 g/mol. The third-order valence-electron chi connectivity index (χ3n) is 3.73. The lowest BCUT2D eigenvalue weighted by molar-refractivity contribution is -0.120. The summed E-state index contributed by atoms with van der Waals surface area (Å²) >= 11 is 0. The summed E-state index contributed by atoms with van der Waals surface area (Å²) in [5.41, 5.74) is 1.07. The Morgan fingerprint density at radius 2 is 2.00 bits per heavy atom. The molecule has 0 radical (unpaired) electrons. The first-order valence-electron chi connectivity index (χ1n) is 6.83. The van der Waals surface area contributed by atoms with Gasteiger partial charge in [-0.05, 0) is 24.1 Å². The second-order valence-corrected chi connectivity index (χ2v) is 5.11. The maximum Gasteiger partial charge on any atom is 0.145 e. The van der Waals surface area contributed by atoms with Crippen LogP contribution in [-0.4, -0.2) is 12.4 Å². The smallest absolute Gasteiger partial charge is 0.145 e. The molecule has 108 valence electrons. The average Bonchev–Trinajstić information content (AvgIpc) is 2.49. The Hall–Kier alpha value is -2.23. The minimum atomic E-state index is -0.677. The molecule has 4 heteroatoms. The van der Waals surface area contributed by atoms with Gasteiger partial charge < -0.3 is 4.74 Å². The molecule has 3 rings (SSSR count). The van der Waals surface area contributed by atoms with Crippen molar-refractivity contribution < 1.29 is 18.3 Å². The minimum absolute atomic E-state index is 0.0366. The molecule has 2 aromatic rings. The molecule has 1 aliphatic rings. The highest BCUT2D eigenvalue weighted by molar-refractivity contribution is 5.88. The topological polar surface area (TPSA) is 26.3 Å². The molecule has 2 nitrogen and oxygen atoms in total. The van der Waals surface area contributed by atoms with Crippen LogP contribution >= 0.6 is 0 Å². The van der Waals surface area contributed by atoms with Crippen molar-refractivity contribution in [3.05, 3.63) is 65.2 Å². The number of halogens is 2. The second-order valence-electron chi connectivity index (χ2n) is 5.11. The molecule has 0 spiro atoms. The van der Waals surface area contributed by atoms with Gasteiger partial charge in [0, 0.05) is 24.0 Å². The van der Waals surface area contributed by atoms with Crippen LogP contribution in [0.15, 0.2) is 42.5 Å². The van der Waals surface area contributed by atoms with E-state index in [0.717, 1.165) is 11.6 Å². The van der Waals surface area contributed by atoms with Crippen molar-refractivity contribution in [2.24, 2.45) is 0 Å². The summed E-state index contributed by atoms with van der Waals surface area (Å²) in [6.07, 6.45) is 0.545. The zero-order valence-corrected chi connectivity index (χ0v) is 11.3. The van der Waals surface area contributed by atoms with Gasteiger partial charge in [-0.3, -0.25) is 4.79 Å². The maximum atomic E-state index is 13.7. The number of ether oxygens (including phenoxy) is 1. The highest BCUT2D eigenvalue weighted by Crippen LogP contribution is 2.34. The lowest BCUT2D eigenvalue weighted by atomic mass is 9.86. The summed E-state index contributed by atoms with van der Waals surface area (Å²) in [5.74, 6) is -0.971. The number of benzene rings is 2. The summed E-state index contributed by atoms with van der Waals surface area (Å²) in [4.78, 5) is 12.5. The third-order valence-corrected chi connectivity index (χ3v) is 3.73. The molecular formula is C17H14F2O2. The number of fused-ring (bicyclic) bond motifs is 1. The van der Waals surface area contributed by atoms with Crippen molar-refractivity contribution in [2.45, 2.75) is 18.8 Å². The highest BCUT2D eigenvalue weighted by Gasteiger charge is 2.27. The number of rotatable bonds is 3. The molecule has 0 amide bonds. The minimum Gasteiger partial charge on any atom is -0.493 e. The summed E-state index contributed by atoms with van der Waals surface area (Å²) in [7, 11) is 0. The largest absolute Gasteiger partial charge is 0.493 e. The Morgan fingerprint density at radius 1 is 1.19 bits per heavy atom. The Kier molecular flexibility index (Phi) is 3.69. The van der Waals surface area contributed by atoms with Gasteiger partial charge in [-0.15, -0.1) is 0 Å². The normalized spacial score (nSPS) is 17.0. The Morgan fingerprint density at radius 3 is 2.81 bits per heavy atom. The molecule has 21 heavy (non-hydrogen) atoms. The van der Waals surface area contributed by atoms with E-state index in [1.54, 1.807) is 0 Å². The fourth-order valence-corrected chi connectivity index (χ4v) is 2.65. The first kappa shape index (κ1) is 13.7. The van der Waals surface area contributed by atoms with Gasteiger partial charge in [0.2, 0.25) is 0 Å². The number of para-hydroxylation sites is 1. The quantitative estimate of drug-likeness (QED) is 0.862. The molecule has 0 aromatic heterocycles. The van der Waals surface area contributed by atoms with Gasteiger partial charge in [0.25, 0.3) is 0 Å². The van der Waals surface area contributed by atoms with Gasteiger partial charge in [0.05, 0.1) is 6.61 Å². The number of hydrogen-bond donors (Lipinski definition) is 0. The third kappa shape index (κ3) is 2.79. The lowest BCUT2D eigenvalue weighted by Gasteiger charge is -2.24.